The van der Waals surface area contributed by atoms with Crippen LogP contribution in [0.2, 0.25) is 0 Å². The van der Waals surface area contributed by atoms with Gasteiger partial charge in [-0.2, -0.15) is 0 Å². The van der Waals surface area contributed by atoms with E-state index in [9.17, 15) is 9.59 Å². The lowest BCUT2D eigenvalue weighted by Crippen LogP contribution is -2.47. The van der Waals surface area contributed by atoms with Crippen LogP contribution in [0.4, 0.5) is 11.4 Å². The molecular formula is C29H32N2O7. The van der Waals surface area contributed by atoms with Crippen LogP contribution in [-0.4, -0.2) is 47.4 Å². The molecule has 2 atom stereocenters. The van der Waals surface area contributed by atoms with Crippen LogP contribution in [0.1, 0.15) is 24.4 Å². The van der Waals surface area contributed by atoms with Gasteiger partial charge in [0.1, 0.15) is 11.5 Å². The van der Waals surface area contributed by atoms with E-state index in [-0.39, 0.29) is 18.2 Å². The van der Waals surface area contributed by atoms with Gasteiger partial charge in [-0.25, -0.2) is 0 Å². The molecule has 1 N–H and O–H groups in total. The molecule has 38 heavy (non-hydrogen) atoms. The summed E-state index contributed by atoms with van der Waals surface area (Å²) in [6.45, 7) is 0. The van der Waals surface area contributed by atoms with Gasteiger partial charge in [-0.15, -0.1) is 0 Å². The molecule has 0 aliphatic carbocycles. The normalized spacial score (nSPS) is 17.0. The van der Waals surface area contributed by atoms with Crippen molar-refractivity contribution in [3.8, 4) is 28.7 Å². The fourth-order valence-electron chi connectivity index (χ4n) is 4.80. The Balaban J connectivity index is 1.80. The zero-order chi connectivity index (χ0) is 27.2. The van der Waals surface area contributed by atoms with Gasteiger partial charge in [0.05, 0.1) is 53.2 Å². The third-order valence-corrected chi connectivity index (χ3v) is 6.66. The predicted molar refractivity (Wildman–Crippen MR) is 144 cm³/mol. The maximum Gasteiger partial charge on any atom is 0.229 e. The Labute approximate surface area is 222 Å². The Morgan fingerprint density at radius 3 is 2.05 bits per heavy atom. The number of piperidine rings is 1. The summed E-state index contributed by atoms with van der Waals surface area (Å²) in [4.78, 5) is 28.9. The molecule has 1 fully saturated rings. The molecule has 1 aliphatic rings. The number of carbonyl (C=O) groups is 2. The van der Waals surface area contributed by atoms with Crippen LogP contribution < -0.4 is 33.9 Å². The van der Waals surface area contributed by atoms with Crippen molar-refractivity contribution in [3.63, 3.8) is 0 Å². The van der Waals surface area contributed by atoms with E-state index in [0.717, 1.165) is 5.56 Å². The second kappa shape index (κ2) is 11.8. The first kappa shape index (κ1) is 26.7. The molecule has 0 saturated carbocycles. The molecule has 9 heteroatoms. The Morgan fingerprint density at radius 1 is 0.816 bits per heavy atom. The Bertz CT molecular complexity index is 1270. The molecule has 2 amide bonds. The molecule has 3 aromatic rings. The number of nitrogens with zero attached hydrogens (tertiary/aromatic N) is 1. The molecular weight excluding hydrogens is 488 g/mol. The van der Waals surface area contributed by atoms with Crippen molar-refractivity contribution in [1.29, 1.82) is 0 Å². The fourth-order valence-corrected chi connectivity index (χ4v) is 4.80. The second-order valence-corrected chi connectivity index (χ2v) is 8.73. The van der Waals surface area contributed by atoms with Gasteiger partial charge in [0.15, 0.2) is 11.5 Å². The van der Waals surface area contributed by atoms with Crippen molar-refractivity contribution in [2.45, 2.75) is 18.9 Å². The molecule has 0 aromatic heterocycles. The molecule has 0 spiro atoms. The highest BCUT2D eigenvalue weighted by Gasteiger charge is 2.42. The summed E-state index contributed by atoms with van der Waals surface area (Å²) >= 11 is 0. The lowest BCUT2D eigenvalue weighted by atomic mass is 9.83. The first-order chi connectivity index (χ1) is 18.4. The Kier molecular flexibility index (Phi) is 8.25. The molecule has 1 aliphatic heterocycles. The smallest absolute Gasteiger partial charge is 0.229 e. The topological polar surface area (TPSA) is 95.6 Å². The van der Waals surface area contributed by atoms with Gasteiger partial charge in [0.2, 0.25) is 17.6 Å². The molecule has 0 bridgehead atoms. The summed E-state index contributed by atoms with van der Waals surface area (Å²) in [7, 11) is 7.72. The van der Waals surface area contributed by atoms with Crippen molar-refractivity contribution in [1.82, 2.24) is 0 Å². The summed E-state index contributed by atoms with van der Waals surface area (Å²) in [6, 6.07) is 17.4. The van der Waals surface area contributed by atoms with Crippen LogP contribution in [0, 0.1) is 5.92 Å². The molecule has 200 valence electrons. The number of methoxy groups -OCH3 is 5. The monoisotopic (exact) mass is 520 g/mol. The van der Waals surface area contributed by atoms with E-state index in [0.29, 0.717) is 46.5 Å². The van der Waals surface area contributed by atoms with E-state index in [4.69, 9.17) is 23.7 Å². The number of anilines is 2. The van der Waals surface area contributed by atoms with Gasteiger partial charge in [-0.1, -0.05) is 18.2 Å². The first-order valence-electron chi connectivity index (χ1n) is 12.1. The van der Waals surface area contributed by atoms with Gasteiger partial charge in [0, 0.05) is 30.3 Å². The number of hydrogen-bond donors (Lipinski definition) is 1. The quantitative estimate of drug-likeness (QED) is 0.431. The van der Waals surface area contributed by atoms with E-state index >= 15 is 0 Å². The predicted octanol–water partition coefficient (Wildman–Crippen LogP) is 4.85. The minimum absolute atomic E-state index is 0.120. The zero-order valence-electron chi connectivity index (χ0n) is 22.1. The van der Waals surface area contributed by atoms with Crippen molar-refractivity contribution >= 4 is 23.2 Å². The molecule has 3 aromatic carbocycles. The summed E-state index contributed by atoms with van der Waals surface area (Å²) in [5, 5.41) is 3.01. The maximum absolute atomic E-state index is 13.7. The average Bonchev–Trinajstić information content (AvgIpc) is 2.96. The van der Waals surface area contributed by atoms with Crippen molar-refractivity contribution in [3.05, 3.63) is 66.2 Å². The van der Waals surface area contributed by atoms with E-state index < -0.39 is 12.0 Å². The minimum Gasteiger partial charge on any atom is -0.497 e. The maximum atomic E-state index is 13.7. The number of carbonyl (C=O) groups excluding carboxylic acids is 2. The summed E-state index contributed by atoms with van der Waals surface area (Å²) < 4.78 is 27.2. The van der Waals surface area contributed by atoms with Crippen molar-refractivity contribution < 1.29 is 33.3 Å². The third-order valence-electron chi connectivity index (χ3n) is 6.66. The fraction of sp³-hybridized carbons (Fsp3) is 0.310. The highest BCUT2D eigenvalue weighted by atomic mass is 16.5. The van der Waals surface area contributed by atoms with Gasteiger partial charge in [0.25, 0.3) is 0 Å². The number of hydrogen-bond acceptors (Lipinski definition) is 7. The van der Waals surface area contributed by atoms with Crippen LogP contribution in [0.3, 0.4) is 0 Å². The second-order valence-electron chi connectivity index (χ2n) is 8.73. The van der Waals surface area contributed by atoms with E-state index in [1.165, 1.54) is 21.3 Å². The number of nitrogens with one attached hydrogen (secondary N) is 1. The van der Waals surface area contributed by atoms with Crippen LogP contribution in [0.5, 0.6) is 28.7 Å². The van der Waals surface area contributed by atoms with Gasteiger partial charge in [-0.3, -0.25) is 9.59 Å². The van der Waals surface area contributed by atoms with Crippen molar-refractivity contribution in [2.24, 2.45) is 5.92 Å². The minimum atomic E-state index is -0.601. The van der Waals surface area contributed by atoms with E-state index in [1.54, 1.807) is 49.5 Å². The first-order valence-corrected chi connectivity index (χ1v) is 12.1. The molecule has 0 radical (unpaired) electrons. The molecule has 1 saturated heterocycles. The number of ether oxygens (including phenoxy) is 5. The Morgan fingerprint density at radius 2 is 1.47 bits per heavy atom. The molecule has 0 unspecified atom stereocenters. The van der Waals surface area contributed by atoms with Crippen LogP contribution in [-0.2, 0) is 9.59 Å². The lowest BCUT2D eigenvalue weighted by molar-refractivity contribution is -0.125. The molecule has 1 heterocycles. The van der Waals surface area contributed by atoms with Gasteiger partial charge < -0.3 is 33.9 Å². The highest BCUT2D eigenvalue weighted by molar-refractivity contribution is 6.00. The number of benzene rings is 3. The summed E-state index contributed by atoms with van der Waals surface area (Å²) in [5.74, 6) is 1.66. The largest absolute Gasteiger partial charge is 0.497 e. The van der Waals surface area contributed by atoms with Crippen LogP contribution in [0.15, 0.2) is 60.7 Å². The third kappa shape index (κ3) is 5.32. The molecule has 4 rings (SSSR count). The SMILES string of the molecule is COc1ccc([C@H]2[C@@H](C(=O)Nc3cccc(OC)c3)CCC(=O)N2c2cc(OC)c(OC)c(OC)c2)cc1. The zero-order valence-corrected chi connectivity index (χ0v) is 22.1. The average molecular weight is 521 g/mol. The standard InChI is InChI=1S/C29H32N2O7/c1-34-21-11-9-18(10-12-21)27-23(29(33)30-19-7-6-8-22(15-19)35-2)13-14-26(32)31(27)20-16-24(36-3)28(38-5)25(17-20)37-4/h6-12,15-17,23,27H,13-14H2,1-5H3,(H,30,33)/t23-,27-/m0/s1. The van der Waals surface area contributed by atoms with Gasteiger partial charge >= 0.3 is 0 Å². The lowest BCUT2D eigenvalue weighted by Gasteiger charge is -2.41. The summed E-state index contributed by atoms with van der Waals surface area (Å²) in [5.41, 5.74) is 1.93. The van der Waals surface area contributed by atoms with E-state index in [1.807, 2.05) is 30.3 Å². The number of rotatable bonds is 9. The highest BCUT2D eigenvalue weighted by Crippen LogP contribution is 2.46. The van der Waals surface area contributed by atoms with E-state index in [2.05, 4.69) is 5.32 Å². The van der Waals surface area contributed by atoms with Crippen LogP contribution in [0.25, 0.3) is 0 Å². The van der Waals surface area contributed by atoms with Gasteiger partial charge in [-0.05, 0) is 36.2 Å². The summed E-state index contributed by atoms with van der Waals surface area (Å²) in [6.07, 6.45) is 0.575. The van der Waals surface area contributed by atoms with Crippen molar-refractivity contribution in [2.75, 3.05) is 45.8 Å². The number of amides is 2. The molecule has 9 nitrogen and oxygen atoms in total. The van der Waals surface area contributed by atoms with Crippen LogP contribution >= 0.6 is 0 Å². The Hall–Kier alpha value is -4.40.